The van der Waals surface area contributed by atoms with Crippen molar-refractivity contribution in [2.24, 2.45) is 0 Å². The Morgan fingerprint density at radius 2 is 1.94 bits per heavy atom. The van der Waals surface area contributed by atoms with Crippen LogP contribution in [0.4, 0.5) is 5.69 Å². The zero-order valence-electron chi connectivity index (χ0n) is 10.3. The fourth-order valence-corrected chi connectivity index (χ4v) is 2.04. The highest BCUT2D eigenvalue weighted by Gasteiger charge is 2.26. The molecule has 0 radical (unpaired) electrons. The molecule has 1 aromatic rings. The summed E-state index contributed by atoms with van der Waals surface area (Å²) in [5.41, 5.74) is 7.04. The van der Waals surface area contributed by atoms with Crippen molar-refractivity contribution in [1.29, 1.82) is 0 Å². The SMILES string of the molecule is COc1cc(N)ccc1CN1C(=O)CCCC1=O. The summed E-state index contributed by atoms with van der Waals surface area (Å²) in [4.78, 5) is 24.7. The fourth-order valence-electron chi connectivity index (χ4n) is 2.04. The number of ether oxygens (including phenoxy) is 1. The summed E-state index contributed by atoms with van der Waals surface area (Å²) in [6.45, 7) is 0.251. The number of carbonyl (C=O) groups excluding carboxylic acids is 2. The lowest BCUT2D eigenvalue weighted by Crippen LogP contribution is -2.39. The van der Waals surface area contributed by atoms with Crippen molar-refractivity contribution < 1.29 is 14.3 Å². The number of hydrogen-bond acceptors (Lipinski definition) is 4. The lowest BCUT2D eigenvalue weighted by Gasteiger charge is -2.25. The molecule has 1 heterocycles. The van der Waals surface area contributed by atoms with Gasteiger partial charge in [0.05, 0.1) is 13.7 Å². The van der Waals surface area contributed by atoms with Gasteiger partial charge in [0.2, 0.25) is 11.8 Å². The minimum absolute atomic E-state index is 0.120. The molecule has 0 spiro atoms. The minimum atomic E-state index is -0.120. The molecule has 0 saturated carbocycles. The molecule has 1 saturated heterocycles. The number of nitrogens with two attached hydrogens (primary N) is 1. The van der Waals surface area contributed by atoms with Gasteiger partial charge in [-0.2, -0.15) is 0 Å². The Labute approximate surface area is 106 Å². The van der Waals surface area contributed by atoms with Gasteiger partial charge in [0.1, 0.15) is 5.75 Å². The van der Waals surface area contributed by atoms with Crippen LogP contribution in [0.5, 0.6) is 5.75 Å². The molecule has 2 N–H and O–H groups in total. The number of likely N-dealkylation sites (tertiary alicyclic amines) is 1. The summed E-state index contributed by atoms with van der Waals surface area (Å²) in [6.07, 6.45) is 1.51. The maximum Gasteiger partial charge on any atom is 0.229 e. The number of piperidine rings is 1. The standard InChI is InChI=1S/C13H16N2O3/c1-18-11-7-10(14)6-5-9(11)8-15-12(16)3-2-4-13(15)17/h5-7H,2-4,8,14H2,1H3. The van der Waals surface area contributed by atoms with E-state index in [4.69, 9.17) is 10.5 Å². The monoisotopic (exact) mass is 248 g/mol. The van der Waals surface area contributed by atoms with Crippen LogP contribution in [0.1, 0.15) is 24.8 Å². The number of benzene rings is 1. The quantitative estimate of drug-likeness (QED) is 0.646. The van der Waals surface area contributed by atoms with Gasteiger partial charge in [-0.25, -0.2) is 0 Å². The second kappa shape index (κ2) is 5.08. The minimum Gasteiger partial charge on any atom is -0.496 e. The molecule has 0 aliphatic carbocycles. The number of nitrogen functional groups attached to an aromatic ring is 1. The molecule has 1 aliphatic rings. The topological polar surface area (TPSA) is 72.6 Å². The fraction of sp³-hybridized carbons (Fsp3) is 0.385. The highest BCUT2D eigenvalue weighted by Crippen LogP contribution is 2.24. The molecule has 0 aromatic heterocycles. The molecule has 0 atom stereocenters. The molecule has 1 aromatic carbocycles. The lowest BCUT2D eigenvalue weighted by molar-refractivity contribution is -0.148. The molecular weight excluding hydrogens is 232 g/mol. The first kappa shape index (κ1) is 12.4. The molecule has 5 nitrogen and oxygen atoms in total. The van der Waals surface area contributed by atoms with Gasteiger partial charge in [-0.15, -0.1) is 0 Å². The Kier molecular flexibility index (Phi) is 3.50. The average molecular weight is 248 g/mol. The van der Waals surface area contributed by atoms with Gasteiger partial charge in [-0.05, 0) is 12.5 Å². The number of amides is 2. The van der Waals surface area contributed by atoms with E-state index in [2.05, 4.69) is 0 Å². The Hall–Kier alpha value is -2.04. The van der Waals surface area contributed by atoms with Crippen LogP contribution >= 0.6 is 0 Å². The summed E-state index contributed by atoms with van der Waals surface area (Å²) in [5, 5.41) is 0. The molecule has 1 aliphatic heterocycles. The number of nitrogens with zero attached hydrogens (tertiary/aromatic N) is 1. The lowest BCUT2D eigenvalue weighted by atomic mass is 10.1. The zero-order chi connectivity index (χ0) is 13.1. The van der Waals surface area contributed by atoms with Crippen LogP contribution in [0.3, 0.4) is 0 Å². The Morgan fingerprint density at radius 1 is 1.28 bits per heavy atom. The van der Waals surface area contributed by atoms with E-state index in [1.807, 2.05) is 0 Å². The van der Waals surface area contributed by atoms with Gasteiger partial charge in [0.25, 0.3) is 0 Å². The molecule has 2 rings (SSSR count). The second-order valence-electron chi connectivity index (χ2n) is 4.30. The van der Waals surface area contributed by atoms with Gasteiger partial charge >= 0.3 is 0 Å². The van der Waals surface area contributed by atoms with E-state index in [0.29, 0.717) is 30.7 Å². The van der Waals surface area contributed by atoms with Crippen LogP contribution in [-0.4, -0.2) is 23.8 Å². The Morgan fingerprint density at radius 3 is 2.56 bits per heavy atom. The zero-order valence-corrected chi connectivity index (χ0v) is 10.3. The summed E-state index contributed by atoms with van der Waals surface area (Å²) in [7, 11) is 1.54. The van der Waals surface area contributed by atoms with Gasteiger partial charge in [0, 0.05) is 30.2 Å². The van der Waals surface area contributed by atoms with Gasteiger partial charge in [-0.1, -0.05) is 6.07 Å². The number of anilines is 1. The highest BCUT2D eigenvalue weighted by atomic mass is 16.5. The second-order valence-corrected chi connectivity index (χ2v) is 4.30. The van der Waals surface area contributed by atoms with Gasteiger partial charge < -0.3 is 10.5 Å². The first-order chi connectivity index (χ1) is 8.61. The van der Waals surface area contributed by atoms with Crippen LogP contribution in [0.25, 0.3) is 0 Å². The summed E-state index contributed by atoms with van der Waals surface area (Å²) >= 11 is 0. The maximum absolute atomic E-state index is 11.7. The van der Waals surface area contributed by atoms with Crippen LogP contribution < -0.4 is 10.5 Å². The summed E-state index contributed by atoms with van der Waals surface area (Å²) in [6, 6.07) is 5.20. The van der Waals surface area contributed by atoms with Crippen LogP contribution in [0.15, 0.2) is 18.2 Å². The van der Waals surface area contributed by atoms with E-state index < -0.39 is 0 Å². The molecule has 0 bridgehead atoms. The third-order valence-corrected chi connectivity index (χ3v) is 3.02. The number of hydrogen-bond donors (Lipinski definition) is 1. The molecule has 18 heavy (non-hydrogen) atoms. The van der Waals surface area contributed by atoms with Crippen molar-refractivity contribution in [3.63, 3.8) is 0 Å². The smallest absolute Gasteiger partial charge is 0.229 e. The van der Waals surface area contributed by atoms with Crippen LogP contribution in [-0.2, 0) is 16.1 Å². The molecule has 5 heteroatoms. The molecule has 0 unspecified atom stereocenters. The van der Waals surface area contributed by atoms with Crippen molar-refractivity contribution >= 4 is 17.5 Å². The summed E-state index contributed by atoms with van der Waals surface area (Å²) in [5.74, 6) is 0.358. The van der Waals surface area contributed by atoms with Crippen LogP contribution in [0.2, 0.25) is 0 Å². The van der Waals surface area contributed by atoms with E-state index in [0.717, 1.165) is 5.56 Å². The third-order valence-electron chi connectivity index (χ3n) is 3.02. The van der Waals surface area contributed by atoms with E-state index in [-0.39, 0.29) is 18.4 Å². The van der Waals surface area contributed by atoms with Crippen molar-refractivity contribution in [1.82, 2.24) is 4.90 Å². The molecule has 1 fully saturated rings. The van der Waals surface area contributed by atoms with E-state index in [1.165, 1.54) is 12.0 Å². The Bertz CT molecular complexity index is 469. The average Bonchev–Trinajstić information content (AvgIpc) is 2.35. The van der Waals surface area contributed by atoms with E-state index in [9.17, 15) is 9.59 Å². The number of imide groups is 1. The van der Waals surface area contributed by atoms with Gasteiger partial charge in [-0.3, -0.25) is 14.5 Å². The predicted molar refractivity (Wildman–Crippen MR) is 66.8 cm³/mol. The number of rotatable bonds is 3. The largest absolute Gasteiger partial charge is 0.496 e. The Balaban J connectivity index is 2.22. The first-order valence-corrected chi connectivity index (χ1v) is 5.87. The van der Waals surface area contributed by atoms with Crippen molar-refractivity contribution in [2.75, 3.05) is 12.8 Å². The first-order valence-electron chi connectivity index (χ1n) is 5.87. The summed E-state index contributed by atoms with van der Waals surface area (Å²) < 4.78 is 5.21. The van der Waals surface area contributed by atoms with Crippen molar-refractivity contribution in [3.05, 3.63) is 23.8 Å². The normalized spacial score (nSPS) is 15.9. The molecule has 2 amide bonds. The highest BCUT2D eigenvalue weighted by molar-refractivity contribution is 5.97. The predicted octanol–water partition coefficient (Wildman–Crippen LogP) is 1.32. The van der Waals surface area contributed by atoms with Crippen molar-refractivity contribution in [3.8, 4) is 5.75 Å². The van der Waals surface area contributed by atoms with E-state index >= 15 is 0 Å². The third kappa shape index (κ3) is 2.45. The van der Waals surface area contributed by atoms with Crippen molar-refractivity contribution in [2.45, 2.75) is 25.8 Å². The number of methoxy groups -OCH3 is 1. The van der Waals surface area contributed by atoms with Crippen LogP contribution in [0, 0.1) is 0 Å². The maximum atomic E-state index is 11.7. The van der Waals surface area contributed by atoms with E-state index in [1.54, 1.807) is 18.2 Å². The molecule has 96 valence electrons. The molecular formula is C13H16N2O3. The number of carbonyl (C=O) groups is 2. The van der Waals surface area contributed by atoms with Gasteiger partial charge in [0.15, 0.2) is 0 Å².